The minimum atomic E-state index is -0.501. The van der Waals surface area contributed by atoms with E-state index in [4.69, 9.17) is 4.74 Å². The van der Waals surface area contributed by atoms with Crippen LogP contribution in [-0.2, 0) is 9.59 Å². The molecule has 2 N–H and O–H groups in total. The number of nitrogens with one attached hydrogen (secondary N) is 2. The lowest BCUT2D eigenvalue weighted by Gasteiger charge is -2.11. The molecule has 2 aromatic rings. The van der Waals surface area contributed by atoms with Crippen LogP contribution < -0.4 is 15.4 Å². The average molecular weight is 371 g/mol. The molecule has 0 heterocycles. The third kappa shape index (κ3) is 5.53. The first kappa shape index (κ1) is 19.9. The van der Waals surface area contributed by atoms with Gasteiger partial charge in [-0.2, -0.15) is 0 Å². The molecule has 142 valence electrons. The predicted molar refractivity (Wildman–Crippen MR) is 102 cm³/mol. The van der Waals surface area contributed by atoms with Crippen LogP contribution in [0.3, 0.4) is 0 Å². The van der Waals surface area contributed by atoms with Crippen LogP contribution >= 0.6 is 0 Å². The van der Waals surface area contributed by atoms with Gasteiger partial charge in [0.1, 0.15) is 5.75 Å². The highest BCUT2D eigenvalue weighted by Gasteiger charge is 2.15. The van der Waals surface area contributed by atoms with Crippen LogP contribution in [-0.4, -0.2) is 23.3 Å². The Kier molecular flexibility index (Phi) is 6.48. The second-order valence-corrected chi connectivity index (χ2v) is 6.22. The molecule has 8 nitrogen and oxygen atoms in total. The number of amides is 2. The number of hydrogen-bond donors (Lipinski definition) is 2. The smallest absolute Gasteiger partial charge is 0.276 e. The van der Waals surface area contributed by atoms with Gasteiger partial charge < -0.3 is 15.4 Å². The fraction of sp³-hybridized carbons (Fsp3) is 0.263. The first-order chi connectivity index (χ1) is 12.8. The fourth-order valence-electron chi connectivity index (χ4n) is 2.26. The summed E-state index contributed by atoms with van der Waals surface area (Å²) in [6.07, 6.45) is 0. The molecule has 27 heavy (non-hydrogen) atoms. The summed E-state index contributed by atoms with van der Waals surface area (Å²) in [6, 6.07) is 11.2. The lowest BCUT2D eigenvalue weighted by molar-refractivity contribution is -0.385. The molecule has 0 unspecified atom stereocenters. The van der Waals surface area contributed by atoms with Gasteiger partial charge in [-0.05, 0) is 31.2 Å². The summed E-state index contributed by atoms with van der Waals surface area (Å²) in [5.74, 6) is -0.427. The van der Waals surface area contributed by atoms with Crippen molar-refractivity contribution in [1.29, 1.82) is 0 Å². The van der Waals surface area contributed by atoms with Gasteiger partial charge in [0.25, 0.3) is 11.6 Å². The Hall–Kier alpha value is -3.42. The second-order valence-electron chi connectivity index (χ2n) is 6.22. The van der Waals surface area contributed by atoms with Crippen LogP contribution in [0.25, 0.3) is 0 Å². The third-order valence-electron chi connectivity index (χ3n) is 3.75. The summed E-state index contributed by atoms with van der Waals surface area (Å²) < 4.78 is 5.40. The maximum absolute atomic E-state index is 12.1. The van der Waals surface area contributed by atoms with Gasteiger partial charge in [0, 0.05) is 23.4 Å². The maximum Gasteiger partial charge on any atom is 0.276 e. The standard InChI is InChI=1S/C19H21N3O5/c1-12(2)19(24)21-15-7-4-6-14(10-15)20-18(23)11-27-17-9-5-8-16(13(17)3)22(25)26/h4-10,12H,11H2,1-3H3,(H,20,23)(H,21,24). The Labute approximate surface area is 156 Å². The fourth-order valence-corrected chi connectivity index (χ4v) is 2.26. The summed E-state index contributed by atoms with van der Waals surface area (Å²) in [5.41, 5.74) is 1.36. The summed E-state index contributed by atoms with van der Waals surface area (Å²) in [4.78, 5) is 34.3. The zero-order valence-corrected chi connectivity index (χ0v) is 15.3. The number of ether oxygens (including phenoxy) is 1. The number of nitro benzene ring substituents is 1. The number of carbonyl (C=O) groups is 2. The van der Waals surface area contributed by atoms with Gasteiger partial charge in [0.2, 0.25) is 5.91 Å². The number of rotatable bonds is 7. The van der Waals surface area contributed by atoms with Gasteiger partial charge in [0.05, 0.1) is 10.5 Å². The van der Waals surface area contributed by atoms with E-state index < -0.39 is 10.8 Å². The predicted octanol–water partition coefficient (Wildman–Crippen LogP) is 3.52. The molecule has 0 radical (unpaired) electrons. The Morgan fingerprint density at radius 1 is 1.11 bits per heavy atom. The molecule has 0 spiro atoms. The van der Waals surface area contributed by atoms with Crippen molar-refractivity contribution in [2.45, 2.75) is 20.8 Å². The van der Waals surface area contributed by atoms with Gasteiger partial charge in [-0.25, -0.2) is 0 Å². The minimum absolute atomic E-state index is 0.0681. The average Bonchev–Trinajstić information content (AvgIpc) is 2.60. The Morgan fingerprint density at radius 3 is 2.37 bits per heavy atom. The maximum atomic E-state index is 12.1. The van der Waals surface area contributed by atoms with Crippen molar-refractivity contribution >= 4 is 28.9 Å². The van der Waals surface area contributed by atoms with Gasteiger partial charge in [0.15, 0.2) is 6.61 Å². The van der Waals surface area contributed by atoms with E-state index in [0.29, 0.717) is 16.9 Å². The van der Waals surface area contributed by atoms with Gasteiger partial charge in [-0.1, -0.05) is 26.0 Å². The van der Waals surface area contributed by atoms with Crippen molar-refractivity contribution in [3.05, 3.63) is 58.1 Å². The number of nitro groups is 1. The Morgan fingerprint density at radius 2 is 1.74 bits per heavy atom. The highest BCUT2D eigenvalue weighted by atomic mass is 16.6. The molecule has 0 aromatic heterocycles. The monoisotopic (exact) mass is 371 g/mol. The van der Waals surface area contributed by atoms with Gasteiger partial charge in [-0.15, -0.1) is 0 Å². The minimum Gasteiger partial charge on any atom is -0.483 e. The van der Waals surface area contributed by atoms with Gasteiger partial charge >= 0.3 is 0 Å². The summed E-state index contributed by atoms with van der Waals surface area (Å²) in [7, 11) is 0. The number of benzene rings is 2. The van der Waals surface area contributed by atoms with Gasteiger partial charge in [-0.3, -0.25) is 19.7 Å². The van der Waals surface area contributed by atoms with Crippen molar-refractivity contribution in [2.75, 3.05) is 17.2 Å². The van der Waals surface area contributed by atoms with Crippen LogP contribution in [0.4, 0.5) is 17.1 Å². The van der Waals surface area contributed by atoms with Crippen molar-refractivity contribution in [3.8, 4) is 5.75 Å². The summed E-state index contributed by atoms with van der Waals surface area (Å²) in [6.45, 7) is 4.83. The number of hydrogen-bond acceptors (Lipinski definition) is 5. The molecule has 0 aliphatic carbocycles. The van der Waals surface area contributed by atoms with Crippen molar-refractivity contribution in [2.24, 2.45) is 5.92 Å². The number of carbonyl (C=O) groups excluding carboxylic acids is 2. The number of anilines is 2. The lowest BCUT2D eigenvalue weighted by Crippen LogP contribution is -2.21. The Balaban J connectivity index is 1.98. The lowest BCUT2D eigenvalue weighted by atomic mass is 10.2. The zero-order valence-electron chi connectivity index (χ0n) is 15.3. The van der Waals surface area contributed by atoms with Crippen molar-refractivity contribution < 1.29 is 19.2 Å². The molecule has 2 amide bonds. The SMILES string of the molecule is Cc1c(OCC(=O)Nc2cccc(NC(=O)C(C)C)c2)cccc1[N+](=O)[O-]. The zero-order chi connectivity index (χ0) is 20.0. The summed E-state index contributed by atoms with van der Waals surface area (Å²) >= 11 is 0. The number of nitrogens with zero attached hydrogens (tertiary/aromatic N) is 1. The molecule has 2 aromatic carbocycles. The molecule has 0 saturated carbocycles. The first-order valence-corrected chi connectivity index (χ1v) is 8.35. The molecule has 0 saturated heterocycles. The molecule has 0 aliphatic rings. The van der Waals surface area contributed by atoms with E-state index in [1.165, 1.54) is 12.1 Å². The normalized spacial score (nSPS) is 10.4. The highest BCUT2D eigenvalue weighted by molar-refractivity contribution is 5.95. The van der Waals surface area contributed by atoms with E-state index >= 15 is 0 Å². The van der Waals surface area contributed by atoms with E-state index in [1.807, 2.05) is 0 Å². The van der Waals surface area contributed by atoms with Crippen molar-refractivity contribution in [1.82, 2.24) is 0 Å². The Bertz CT molecular complexity index is 864. The summed E-state index contributed by atoms with van der Waals surface area (Å²) in [5, 5.41) is 16.4. The molecule has 2 rings (SSSR count). The molecule has 0 fully saturated rings. The molecule has 0 bridgehead atoms. The topological polar surface area (TPSA) is 111 Å². The second kappa shape index (κ2) is 8.79. The molecule has 0 atom stereocenters. The van der Waals surface area contributed by atoms with Crippen molar-refractivity contribution in [3.63, 3.8) is 0 Å². The van der Waals surface area contributed by atoms with Crippen LogP contribution in [0.15, 0.2) is 42.5 Å². The molecule has 0 aliphatic heterocycles. The van der Waals surface area contributed by atoms with E-state index in [2.05, 4.69) is 10.6 Å². The van der Waals surface area contributed by atoms with Crippen LogP contribution in [0, 0.1) is 23.0 Å². The van der Waals surface area contributed by atoms with E-state index in [0.717, 1.165) is 0 Å². The van der Waals surface area contributed by atoms with Crippen LogP contribution in [0.2, 0.25) is 0 Å². The largest absolute Gasteiger partial charge is 0.483 e. The quantitative estimate of drug-likeness (QED) is 0.571. The van der Waals surface area contributed by atoms with E-state index in [9.17, 15) is 19.7 Å². The highest BCUT2D eigenvalue weighted by Crippen LogP contribution is 2.27. The van der Waals surface area contributed by atoms with E-state index in [1.54, 1.807) is 51.1 Å². The first-order valence-electron chi connectivity index (χ1n) is 8.35. The molecule has 8 heteroatoms. The van der Waals surface area contributed by atoms with Crippen LogP contribution in [0.5, 0.6) is 5.75 Å². The molecular weight excluding hydrogens is 350 g/mol. The molecular formula is C19H21N3O5. The van der Waals surface area contributed by atoms with E-state index in [-0.39, 0.29) is 29.9 Å². The third-order valence-corrected chi connectivity index (χ3v) is 3.75. The van der Waals surface area contributed by atoms with Crippen LogP contribution in [0.1, 0.15) is 19.4 Å².